The van der Waals surface area contributed by atoms with Crippen molar-refractivity contribution in [1.82, 2.24) is 10.6 Å². The molecule has 1 aromatic rings. The highest BCUT2D eigenvalue weighted by atomic mass is 19.1. The van der Waals surface area contributed by atoms with Crippen molar-refractivity contribution in [1.29, 1.82) is 0 Å². The van der Waals surface area contributed by atoms with Crippen LogP contribution in [0.5, 0.6) is 0 Å². The number of nitrogens with one attached hydrogen (secondary N) is 2. The maximum absolute atomic E-state index is 12.9. The van der Waals surface area contributed by atoms with E-state index < -0.39 is 0 Å². The molecule has 0 spiro atoms. The molecule has 0 aliphatic rings. The van der Waals surface area contributed by atoms with Crippen LogP contribution in [0.25, 0.3) is 0 Å². The van der Waals surface area contributed by atoms with Crippen molar-refractivity contribution in [3.05, 3.63) is 35.1 Å². The SMILES string of the molecule is Cc1cc(F)ccc1CNCC(=O)NC(C)(C)C. The minimum atomic E-state index is -0.235. The molecule has 2 N–H and O–H groups in total. The second-order valence-corrected chi connectivity index (χ2v) is 5.47. The predicted octanol–water partition coefficient (Wildman–Crippen LogP) is 2.14. The molecule has 0 saturated carbocycles. The summed E-state index contributed by atoms with van der Waals surface area (Å²) in [5.41, 5.74) is 1.67. The molecule has 1 rings (SSSR count). The molecule has 1 aromatic carbocycles. The van der Waals surface area contributed by atoms with E-state index in [4.69, 9.17) is 0 Å². The summed E-state index contributed by atoms with van der Waals surface area (Å²) in [6.45, 7) is 8.49. The van der Waals surface area contributed by atoms with Gasteiger partial charge in [0.15, 0.2) is 0 Å². The number of benzene rings is 1. The number of rotatable bonds is 4. The smallest absolute Gasteiger partial charge is 0.234 e. The van der Waals surface area contributed by atoms with Gasteiger partial charge >= 0.3 is 0 Å². The number of carbonyl (C=O) groups excluding carboxylic acids is 1. The fourth-order valence-electron chi connectivity index (χ4n) is 1.63. The zero-order valence-electron chi connectivity index (χ0n) is 11.4. The molecule has 0 aliphatic carbocycles. The Morgan fingerprint density at radius 3 is 2.56 bits per heavy atom. The third-order valence-corrected chi connectivity index (χ3v) is 2.42. The normalized spacial score (nSPS) is 11.4. The van der Waals surface area contributed by atoms with Crippen LogP contribution in [0.1, 0.15) is 31.9 Å². The van der Waals surface area contributed by atoms with Crippen LogP contribution in [0.15, 0.2) is 18.2 Å². The summed E-state index contributed by atoms with van der Waals surface area (Å²) in [5.74, 6) is -0.274. The maximum atomic E-state index is 12.9. The molecule has 0 heterocycles. The number of halogens is 1. The lowest BCUT2D eigenvalue weighted by atomic mass is 10.1. The second kappa shape index (κ2) is 5.96. The third kappa shape index (κ3) is 5.27. The Hall–Kier alpha value is -1.42. The Balaban J connectivity index is 2.40. The van der Waals surface area contributed by atoms with E-state index in [1.54, 1.807) is 6.07 Å². The Morgan fingerprint density at radius 1 is 1.33 bits per heavy atom. The van der Waals surface area contributed by atoms with Crippen LogP contribution in [0.2, 0.25) is 0 Å². The second-order valence-electron chi connectivity index (χ2n) is 5.47. The molecule has 0 fully saturated rings. The molecule has 100 valence electrons. The molecular formula is C14H21FN2O. The van der Waals surface area contributed by atoms with Crippen molar-refractivity contribution in [3.8, 4) is 0 Å². The average Bonchev–Trinajstić information content (AvgIpc) is 2.18. The standard InChI is InChI=1S/C14H21FN2O/c1-10-7-12(15)6-5-11(10)8-16-9-13(18)17-14(2,3)4/h5-7,16H,8-9H2,1-4H3,(H,17,18). The topological polar surface area (TPSA) is 41.1 Å². The predicted molar refractivity (Wildman–Crippen MR) is 70.7 cm³/mol. The molecule has 0 radical (unpaired) electrons. The summed E-state index contributed by atoms with van der Waals surface area (Å²) in [6.07, 6.45) is 0. The van der Waals surface area contributed by atoms with E-state index in [1.807, 2.05) is 27.7 Å². The molecule has 0 aromatic heterocycles. The quantitative estimate of drug-likeness (QED) is 0.862. The first-order valence-electron chi connectivity index (χ1n) is 6.05. The summed E-state index contributed by atoms with van der Waals surface area (Å²) in [7, 11) is 0. The first-order chi connectivity index (χ1) is 8.28. The monoisotopic (exact) mass is 252 g/mol. The van der Waals surface area contributed by atoms with E-state index in [0.29, 0.717) is 6.54 Å². The maximum Gasteiger partial charge on any atom is 0.234 e. The summed E-state index contributed by atoms with van der Waals surface area (Å²) in [5, 5.41) is 5.92. The van der Waals surface area contributed by atoms with Crippen LogP contribution < -0.4 is 10.6 Å². The van der Waals surface area contributed by atoms with Gasteiger partial charge in [0.25, 0.3) is 0 Å². The summed E-state index contributed by atoms with van der Waals surface area (Å²) in [4.78, 5) is 11.6. The van der Waals surface area contributed by atoms with Gasteiger partial charge in [0.05, 0.1) is 6.54 Å². The van der Waals surface area contributed by atoms with Gasteiger partial charge in [-0.3, -0.25) is 4.79 Å². The van der Waals surface area contributed by atoms with E-state index in [9.17, 15) is 9.18 Å². The summed E-state index contributed by atoms with van der Waals surface area (Å²) in [6, 6.07) is 4.66. The van der Waals surface area contributed by atoms with Gasteiger partial charge in [0.2, 0.25) is 5.91 Å². The first-order valence-corrected chi connectivity index (χ1v) is 6.05. The number of hydrogen-bond acceptors (Lipinski definition) is 2. The van der Waals surface area contributed by atoms with Gasteiger partial charge in [-0.25, -0.2) is 4.39 Å². The van der Waals surface area contributed by atoms with Crippen molar-refractivity contribution in [2.24, 2.45) is 0 Å². The van der Waals surface area contributed by atoms with Crippen molar-refractivity contribution in [2.45, 2.75) is 39.8 Å². The van der Waals surface area contributed by atoms with Crippen LogP contribution >= 0.6 is 0 Å². The molecule has 0 aliphatic heterocycles. The van der Waals surface area contributed by atoms with Crippen LogP contribution in [0.3, 0.4) is 0 Å². The lowest BCUT2D eigenvalue weighted by molar-refractivity contribution is -0.121. The van der Waals surface area contributed by atoms with E-state index >= 15 is 0 Å². The van der Waals surface area contributed by atoms with Crippen molar-refractivity contribution in [2.75, 3.05) is 6.54 Å². The third-order valence-electron chi connectivity index (χ3n) is 2.42. The molecule has 0 atom stereocenters. The molecule has 0 bridgehead atoms. The van der Waals surface area contributed by atoms with E-state index in [1.165, 1.54) is 12.1 Å². The lowest BCUT2D eigenvalue weighted by Crippen LogP contribution is -2.44. The Bertz CT molecular complexity index is 424. The van der Waals surface area contributed by atoms with Gasteiger partial charge in [-0.1, -0.05) is 6.07 Å². The molecule has 4 heteroatoms. The number of amides is 1. The highest BCUT2D eigenvalue weighted by Crippen LogP contribution is 2.09. The largest absolute Gasteiger partial charge is 0.350 e. The Labute approximate surface area is 108 Å². The zero-order chi connectivity index (χ0) is 13.8. The van der Waals surface area contributed by atoms with Crippen LogP contribution in [0, 0.1) is 12.7 Å². The summed E-state index contributed by atoms with van der Waals surface area (Å²) >= 11 is 0. The molecular weight excluding hydrogens is 231 g/mol. The lowest BCUT2D eigenvalue weighted by Gasteiger charge is -2.20. The highest BCUT2D eigenvalue weighted by molar-refractivity contribution is 5.78. The molecule has 0 saturated heterocycles. The fraction of sp³-hybridized carbons (Fsp3) is 0.500. The summed E-state index contributed by atoms with van der Waals surface area (Å²) < 4.78 is 12.9. The molecule has 18 heavy (non-hydrogen) atoms. The number of carbonyl (C=O) groups is 1. The minimum absolute atomic E-state index is 0.0396. The molecule has 1 amide bonds. The zero-order valence-corrected chi connectivity index (χ0v) is 11.4. The van der Waals surface area contributed by atoms with Crippen molar-refractivity contribution < 1.29 is 9.18 Å². The van der Waals surface area contributed by atoms with E-state index in [0.717, 1.165) is 11.1 Å². The highest BCUT2D eigenvalue weighted by Gasteiger charge is 2.12. The minimum Gasteiger partial charge on any atom is -0.350 e. The van der Waals surface area contributed by atoms with Crippen molar-refractivity contribution in [3.63, 3.8) is 0 Å². The van der Waals surface area contributed by atoms with Gasteiger partial charge in [0, 0.05) is 12.1 Å². The number of hydrogen-bond donors (Lipinski definition) is 2. The fourth-order valence-corrected chi connectivity index (χ4v) is 1.63. The van der Waals surface area contributed by atoms with E-state index in [-0.39, 0.29) is 23.8 Å². The molecule has 3 nitrogen and oxygen atoms in total. The van der Waals surface area contributed by atoms with Crippen molar-refractivity contribution >= 4 is 5.91 Å². The van der Waals surface area contributed by atoms with Gasteiger partial charge in [0.1, 0.15) is 5.82 Å². The first kappa shape index (κ1) is 14.6. The Kier molecular flexibility index (Phi) is 4.84. The van der Waals surface area contributed by atoms with Crippen LogP contribution in [-0.4, -0.2) is 18.0 Å². The van der Waals surface area contributed by atoms with E-state index in [2.05, 4.69) is 10.6 Å². The Morgan fingerprint density at radius 2 is 2.00 bits per heavy atom. The van der Waals surface area contributed by atoms with Gasteiger partial charge in [-0.2, -0.15) is 0 Å². The van der Waals surface area contributed by atoms with Gasteiger partial charge in [-0.15, -0.1) is 0 Å². The molecule has 0 unspecified atom stereocenters. The van der Waals surface area contributed by atoms with Crippen LogP contribution in [-0.2, 0) is 11.3 Å². The van der Waals surface area contributed by atoms with Crippen LogP contribution in [0.4, 0.5) is 4.39 Å². The average molecular weight is 252 g/mol. The number of aryl methyl sites for hydroxylation is 1. The van der Waals surface area contributed by atoms with Gasteiger partial charge < -0.3 is 10.6 Å². The van der Waals surface area contributed by atoms with Gasteiger partial charge in [-0.05, 0) is 51.0 Å².